The molecule has 2 fully saturated rings. The molecule has 1 N–H and O–H groups in total. The molecule has 10 heteroatoms. The Morgan fingerprint density at radius 2 is 1.81 bits per heavy atom. The molecule has 1 unspecified atom stereocenters. The van der Waals surface area contributed by atoms with E-state index in [4.69, 9.17) is 16.3 Å². The molecule has 0 radical (unpaired) electrons. The van der Waals surface area contributed by atoms with Crippen LogP contribution >= 0.6 is 11.6 Å². The highest BCUT2D eigenvalue weighted by Crippen LogP contribution is 2.36. The van der Waals surface area contributed by atoms with Crippen LogP contribution in [0.15, 0.2) is 24.3 Å². The summed E-state index contributed by atoms with van der Waals surface area (Å²) in [5.41, 5.74) is -0.546. The van der Waals surface area contributed by atoms with Gasteiger partial charge in [-0.2, -0.15) is 0 Å². The Morgan fingerprint density at radius 3 is 2.50 bits per heavy atom. The lowest BCUT2D eigenvalue weighted by Crippen LogP contribution is -2.53. The van der Waals surface area contributed by atoms with E-state index in [-0.39, 0.29) is 31.4 Å². The fourth-order valence-corrected chi connectivity index (χ4v) is 4.97. The van der Waals surface area contributed by atoms with Crippen LogP contribution in [0.25, 0.3) is 0 Å². The second kappa shape index (κ2) is 10.9. The lowest BCUT2D eigenvalue weighted by molar-refractivity contribution is -0.141. The smallest absolute Gasteiger partial charge is 0.237 e. The highest BCUT2D eigenvalue weighted by molar-refractivity contribution is 7.88. The maximum Gasteiger partial charge on any atom is 0.237 e. The predicted molar refractivity (Wildman–Crippen MR) is 123 cm³/mol. The first kappa shape index (κ1) is 24.8. The Morgan fingerprint density at radius 1 is 1.09 bits per heavy atom. The third-order valence-electron chi connectivity index (χ3n) is 6.08. The van der Waals surface area contributed by atoms with Crippen molar-refractivity contribution in [2.75, 3.05) is 45.6 Å². The molecule has 2 heterocycles. The molecule has 0 aliphatic carbocycles. The minimum absolute atomic E-state index is 0.0861. The number of piperidine rings is 2. The Labute approximate surface area is 195 Å². The number of ether oxygens (including phenoxy) is 1. The summed E-state index contributed by atoms with van der Waals surface area (Å²) in [7, 11) is -3.47. The summed E-state index contributed by atoms with van der Waals surface area (Å²) in [6, 6.07) is 7.11. The fourth-order valence-electron chi connectivity index (χ4n) is 4.41. The highest BCUT2D eigenvalue weighted by atomic mass is 35.5. The molecule has 2 aliphatic rings. The molecule has 0 saturated carbocycles. The molecule has 8 nitrogen and oxygen atoms in total. The maximum atomic E-state index is 13.1. The number of nitrogens with zero attached hydrogens (tertiary/aromatic N) is 2. The number of hydrogen-bond acceptors (Lipinski definition) is 5. The number of benzene rings is 1. The van der Waals surface area contributed by atoms with Crippen molar-refractivity contribution in [1.29, 1.82) is 0 Å². The van der Waals surface area contributed by atoms with Gasteiger partial charge in [0.2, 0.25) is 21.8 Å². The maximum absolute atomic E-state index is 13.1. The van der Waals surface area contributed by atoms with Crippen LogP contribution in [-0.4, -0.2) is 75.6 Å². The Kier molecular flexibility index (Phi) is 8.41. The lowest BCUT2D eigenvalue weighted by Gasteiger charge is -2.43. The number of nitrogens with one attached hydrogen (secondary N) is 1. The zero-order valence-electron chi connectivity index (χ0n) is 18.5. The van der Waals surface area contributed by atoms with E-state index < -0.39 is 15.4 Å². The Hall–Kier alpha value is -1.84. The number of halogens is 1. The van der Waals surface area contributed by atoms with Crippen molar-refractivity contribution < 1.29 is 22.7 Å². The van der Waals surface area contributed by atoms with Gasteiger partial charge in [-0.25, -0.2) is 13.1 Å². The van der Waals surface area contributed by atoms with Crippen molar-refractivity contribution in [2.45, 2.75) is 38.5 Å². The van der Waals surface area contributed by atoms with Gasteiger partial charge < -0.3 is 14.5 Å². The van der Waals surface area contributed by atoms with E-state index >= 15 is 0 Å². The summed E-state index contributed by atoms with van der Waals surface area (Å²) in [6.45, 7) is 2.40. The number of carbonyl (C=O) groups excluding carboxylic acids is 2. The van der Waals surface area contributed by atoms with Gasteiger partial charge in [0.15, 0.2) is 0 Å². The largest absolute Gasteiger partial charge is 0.493 e. The van der Waals surface area contributed by atoms with Gasteiger partial charge in [-0.3, -0.25) is 9.59 Å². The van der Waals surface area contributed by atoms with Gasteiger partial charge in [0.25, 0.3) is 0 Å². The van der Waals surface area contributed by atoms with Gasteiger partial charge in [-0.05, 0) is 50.3 Å². The first-order chi connectivity index (χ1) is 15.2. The molecule has 0 bridgehead atoms. The van der Waals surface area contributed by atoms with Gasteiger partial charge in [0, 0.05) is 43.0 Å². The summed E-state index contributed by atoms with van der Waals surface area (Å²) < 4.78 is 31.1. The average Bonchev–Trinajstić information content (AvgIpc) is 2.76. The molecule has 1 aromatic rings. The second-order valence-electron chi connectivity index (χ2n) is 8.88. The molecule has 178 valence electrons. The molecule has 2 aliphatic heterocycles. The molecular weight excluding hydrogens is 454 g/mol. The lowest BCUT2D eigenvalue weighted by atomic mass is 9.77. The monoisotopic (exact) mass is 485 g/mol. The minimum atomic E-state index is -3.47. The summed E-state index contributed by atoms with van der Waals surface area (Å²) in [5, 5.41) is 0.563. The van der Waals surface area contributed by atoms with Crippen molar-refractivity contribution in [2.24, 2.45) is 5.41 Å². The molecule has 2 saturated heterocycles. The molecule has 1 aromatic carbocycles. The SMILES string of the molecule is CS(=O)(=O)NCC(=O)N1CCCC(COc2cccc(Cl)c2)(CC(=O)N2CCCCC2)C1. The van der Waals surface area contributed by atoms with Crippen LogP contribution in [0, 0.1) is 5.41 Å². The van der Waals surface area contributed by atoms with Crippen molar-refractivity contribution in [1.82, 2.24) is 14.5 Å². The third kappa shape index (κ3) is 7.35. The number of carbonyl (C=O) groups is 2. The summed E-state index contributed by atoms with van der Waals surface area (Å²) >= 11 is 6.07. The topological polar surface area (TPSA) is 96.0 Å². The third-order valence-corrected chi connectivity index (χ3v) is 6.98. The summed E-state index contributed by atoms with van der Waals surface area (Å²) in [6.07, 6.45) is 5.95. The van der Waals surface area contributed by atoms with Crippen molar-refractivity contribution >= 4 is 33.4 Å². The Bertz CT molecular complexity index is 920. The van der Waals surface area contributed by atoms with Crippen molar-refractivity contribution in [3.63, 3.8) is 0 Å². The Balaban J connectivity index is 1.73. The molecule has 32 heavy (non-hydrogen) atoms. The van der Waals surface area contributed by atoms with Crippen molar-refractivity contribution in [3.8, 4) is 5.75 Å². The quantitative estimate of drug-likeness (QED) is 0.609. The van der Waals surface area contributed by atoms with E-state index in [1.165, 1.54) is 0 Å². The zero-order valence-corrected chi connectivity index (χ0v) is 20.1. The van der Waals surface area contributed by atoms with E-state index in [1.807, 2.05) is 11.0 Å². The summed E-state index contributed by atoms with van der Waals surface area (Å²) in [4.78, 5) is 29.4. The van der Waals surface area contributed by atoms with Crippen LogP contribution < -0.4 is 9.46 Å². The van der Waals surface area contributed by atoms with Crippen LogP contribution in [0.4, 0.5) is 0 Å². The van der Waals surface area contributed by atoms with Crippen molar-refractivity contribution in [3.05, 3.63) is 29.3 Å². The van der Waals surface area contributed by atoms with Gasteiger partial charge in [-0.1, -0.05) is 17.7 Å². The highest BCUT2D eigenvalue weighted by Gasteiger charge is 2.41. The van der Waals surface area contributed by atoms with E-state index in [0.29, 0.717) is 23.9 Å². The van der Waals surface area contributed by atoms with Gasteiger partial charge in [0.1, 0.15) is 5.75 Å². The molecule has 0 aromatic heterocycles. The first-order valence-electron chi connectivity index (χ1n) is 11.0. The predicted octanol–water partition coefficient (Wildman–Crippen LogP) is 2.28. The first-order valence-corrected chi connectivity index (χ1v) is 13.3. The standard InChI is InChI=1S/C22H32ClN3O5S/c1-32(29,30)24-15-21(28)26-12-6-9-22(16-26,14-20(27)25-10-3-2-4-11-25)17-31-19-8-5-7-18(23)13-19/h5,7-8,13,24H,2-4,6,9-12,14-17H2,1H3. The molecule has 0 spiro atoms. The van der Waals surface area contributed by atoms with Crippen LogP contribution in [0.2, 0.25) is 5.02 Å². The van der Waals surface area contributed by atoms with Gasteiger partial charge in [-0.15, -0.1) is 0 Å². The number of rotatable bonds is 8. The molecule has 1 atom stereocenters. The normalized spacial score (nSPS) is 21.9. The second-order valence-corrected chi connectivity index (χ2v) is 11.1. The number of amides is 2. The average molecular weight is 486 g/mol. The van der Waals surface area contributed by atoms with E-state index in [9.17, 15) is 18.0 Å². The molecule has 2 amide bonds. The van der Waals surface area contributed by atoms with Crippen LogP contribution in [-0.2, 0) is 19.6 Å². The molecular formula is C22H32ClN3O5S. The van der Waals surface area contributed by atoms with E-state index in [1.54, 1.807) is 23.1 Å². The van der Waals surface area contributed by atoms with Gasteiger partial charge >= 0.3 is 0 Å². The number of likely N-dealkylation sites (tertiary alicyclic amines) is 2. The van der Waals surface area contributed by atoms with Crippen LogP contribution in [0.3, 0.4) is 0 Å². The van der Waals surface area contributed by atoms with Crippen LogP contribution in [0.5, 0.6) is 5.75 Å². The number of hydrogen-bond donors (Lipinski definition) is 1. The number of sulfonamides is 1. The summed E-state index contributed by atoms with van der Waals surface area (Å²) in [5.74, 6) is 0.403. The fraction of sp³-hybridized carbons (Fsp3) is 0.636. The van der Waals surface area contributed by atoms with Gasteiger partial charge in [0.05, 0.1) is 19.4 Å². The zero-order chi connectivity index (χ0) is 23.2. The van der Waals surface area contributed by atoms with E-state index in [0.717, 1.165) is 51.4 Å². The van der Waals surface area contributed by atoms with E-state index in [2.05, 4.69) is 4.72 Å². The van der Waals surface area contributed by atoms with Crippen LogP contribution in [0.1, 0.15) is 38.5 Å². The minimum Gasteiger partial charge on any atom is -0.493 e. The molecule has 3 rings (SSSR count).